The fourth-order valence-corrected chi connectivity index (χ4v) is 5.54. The summed E-state index contributed by atoms with van der Waals surface area (Å²) >= 11 is 7.60. The van der Waals surface area contributed by atoms with E-state index in [1.807, 2.05) is 42.5 Å². The topological polar surface area (TPSA) is 64.2 Å². The summed E-state index contributed by atoms with van der Waals surface area (Å²) in [4.78, 5) is 22.9. The molecule has 1 aliphatic carbocycles. The first-order valence-electron chi connectivity index (χ1n) is 10.7. The number of methoxy groups -OCH3 is 1. The van der Waals surface area contributed by atoms with Crippen LogP contribution < -0.4 is 15.0 Å². The third-order valence-corrected chi connectivity index (χ3v) is 7.26. The fourth-order valence-electron chi connectivity index (χ4n) is 4.15. The van der Waals surface area contributed by atoms with Gasteiger partial charge in [0.25, 0.3) is 5.56 Å². The molecule has 2 heterocycles. The predicted molar refractivity (Wildman–Crippen MR) is 129 cm³/mol. The van der Waals surface area contributed by atoms with Gasteiger partial charge in [0.15, 0.2) is 11.5 Å². The summed E-state index contributed by atoms with van der Waals surface area (Å²) < 4.78 is 11.5. The van der Waals surface area contributed by atoms with Gasteiger partial charge in [0.2, 0.25) is 0 Å². The van der Waals surface area contributed by atoms with E-state index in [2.05, 4.69) is 4.98 Å². The molecule has 0 saturated carbocycles. The van der Waals surface area contributed by atoms with Gasteiger partial charge in [-0.1, -0.05) is 30.2 Å². The Bertz CT molecular complexity index is 1330. The minimum Gasteiger partial charge on any atom is -0.493 e. The number of nitrogens with zero attached hydrogens (tertiary/aromatic N) is 1. The number of ether oxygens (including phenoxy) is 2. The van der Waals surface area contributed by atoms with Gasteiger partial charge >= 0.3 is 0 Å². The van der Waals surface area contributed by atoms with E-state index in [1.54, 1.807) is 18.4 Å². The number of hydrogen-bond acceptors (Lipinski definition) is 5. The average Bonchev–Trinajstić information content (AvgIpc) is 3.00. The first-order chi connectivity index (χ1) is 15.6. The molecule has 5 rings (SSSR count). The van der Waals surface area contributed by atoms with E-state index in [-0.39, 0.29) is 5.56 Å². The number of halogens is 1. The number of aromatic nitrogens is 2. The van der Waals surface area contributed by atoms with Crippen LogP contribution in [-0.4, -0.2) is 17.1 Å². The SMILES string of the molecule is COc1cc(-c2nc3sc4c(c3c(=O)[nH]2)CCCCC4)ccc1OCc1ccc(Cl)cc1. The van der Waals surface area contributed by atoms with E-state index in [0.717, 1.165) is 40.6 Å². The maximum absolute atomic E-state index is 13.0. The van der Waals surface area contributed by atoms with Gasteiger partial charge < -0.3 is 14.5 Å². The number of aromatic amines is 1. The highest BCUT2D eigenvalue weighted by atomic mass is 35.5. The molecule has 0 bridgehead atoms. The van der Waals surface area contributed by atoms with Crippen LogP contribution in [0, 0.1) is 0 Å². The van der Waals surface area contributed by atoms with Crippen molar-refractivity contribution >= 4 is 33.2 Å². The number of rotatable bonds is 5. The van der Waals surface area contributed by atoms with Crippen molar-refractivity contribution in [2.24, 2.45) is 0 Å². The van der Waals surface area contributed by atoms with E-state index >= 15 is 0 Å². The van der Waals surface area contributed by atoms with Crippen molar-refractivity contribution in [2.75, 3.05) is 7.11 Å². The molecule has 32 heavy (non-hydrogen) atoms. The molecule has 7 heteroatoms. The van der Waals surface area contributed by atoms with Crippen LogP contribution in [0.15, 0.2) is 47.3 Å². The van der Waals surface area contributed by atoms with Gasteiger partial charge in [0.1, 0.15) is 17.3 Å². The molecular formula is C25H23ClN2O3S. The predicted octanol–water partition coefficient (Wildman–Crippen LogP) is 6.16. The summed E-state index contributed by atoms with van der Waals surface area (Å²) in [5.74, 6) is 1.75. The quantitative estimate of drug-likeness (QED) is 0.357. The van der Waals surface area contributed by atoms with Gasteiger partial charge in [-0.15, -0.1) is 11.3 Å². The molecule has 1 N–H and O–H groups in total. The zero-order valence-electron chi connectivity index (χ0n) is 17.7. The second kappa shape index (κ2) is 8.96. The Hall–Kier alpha value is -2.83. The van der Waals surface area contributed by atoms with Crippen LogP contribution in [0.4, 0.5) is 0 Å². The highest BCUT2D eigenvalue weighted by Gasteiger charge is 2.19. The highest BCUT2D eigenvalue weighted by Crippen LogP contribution is 2.35. The van der Waals surface area contributed by atoms with Gasteiger partial charge in [-0.25, -0.2) is 4.98 Å². The first kappa shape index (κ1) is 21.0. The molecule has 2 aromatic heterocycles. The van der Waals surface area contributed by atoms with Gasteiger partial charge in [0, 0.05) is 15.5 Å². The molecule has 5 nitrogen and oxygen atoms in total. The number of nitrogens with one attached hydrogen (secondary N) is 1. The molecule has 0 atom stereocenters. The second-order valence-electron chi connectivity index (χ2n) is 7.94. The molecule has 2 aromatic carbocycles. The van der Waals surface area contributed by atoms with Crippen LogP contribution in [0.2, 0.25) is 5.02 Å². The molecule has 4 aromatic rings. The number of thiophene rings is 1. The van der Waals surface area contributed by atoms with Crippen molar-refractivity contribution in [3.8, 4) is 22.9 Å². The number of benzene rings is 2. The van der Waals surface area contributed by atoms with Crippen LogP contribution in [0.1, 0.15) is 35.3 Å². The number of aryl methyl sites for hydroxylation is 2. The monoisotopic (exact) mass is 466 g/mol. The second-order valence-corrected chi connectivity index (χ2v) is 9.46. The van der Waals surface area contributed by atoms with Crippen molar-refractivity contribution in [2.45, 2.75) is 38.7 Å². The molecule has 0 spiro atoms. The third kappa shape index (κ3) is 4.12. The largest absolute Gasteiger partial charge is 0.493 e. The smallest absolute Gasteiger partial charge is 0.260 e. The zero-order valence-corrected chi connectivity index (χ0v) is 19.3. The Kier molecular flexibility index (Phi) is 5.89. The number of H-pyrrole nitrogens is 1. The summed E-state index contributed by atoms with van der Waals surface area (Å²) in [7, 11) is 1.60. The summed E-state index contributed by atoms with van der Waals surface area (Å²) in [6, 6.07) is 13.1. The molecule has 0 fully saturated rings. The van der Waals surface area contributed by atoms with E-state index in [0.29, 0.717) is 29.0 Å². The molecule has 0 saturated heterocycles. The van der Waals surface area contributed by atoms with Crippen LogP contribution in [0.25, 0.3) is 21.6 Å². The van der Waals surface area contributed by atoms with Crippen molar-refractivity contribution in [3.63, 3.8) is 0 Å². The van der Waals surface area contributed by atoms with Crippen LogP contribution in [0.5, 0.6) is 11.5 Å². The maximum Gasteiger partial charge on any atom is 0.260 e. The Morgan fingerprint density at radius 2 is 1.88 bits per heavy atom. The molecular weight excluding hydrogens is 444 g/mol. The lowest BCUT2D eigenvalue weighted by atomic mass is 10.1. The Morgan fingerprint density at radius 3 is 2.69 bits per heavy atom. The molecule has 1 aliphatic rings. The molecule has 0 radical (unpaired) electrons. The third-order valence-electron chi connectivity index (χ3n) is 5.82. The van der Waals surface area contributed by atoms with Gasteiger partial charge in [0.05, 0.1) is 12.5 Å². The van der Waals surface area contributed by atoms with Crippen LogP contribution in [-0.2, 0) is 19.4 Å². The number of fused-ring (bicyclic) bond motifs is 3. The Morgan fingerprint density at radius 1 is 1.06 bits per heavy atom. The lowest BCUT2D eigenvalue weighted by Gasteiger charge is -2.12. The lowest BCUT2D eigenvalue weighted by Crippen LogP contribution is -2.10. The van der Waals surface area contributed by atoms with Gasteiger partial charge in [-0.3, -0.25) is 4.79 Å². The van der Waals surface area contributed by atoms with E-state index in [1.165, 1.54) is 23.3 Å². The molecule has 164 valence electrons. The molecule has 0 amide bonds. The fraction of sp³-hybridized carbons (Fsp3) is 0.280. The van der Waals surface area contributed by atoms with Crippen molar-refractivity contribution in [1.82, 2.24) is 9.97 Å². The summed E-state index contributed by atoms with van der Waals surface area (Å²) in [5.41, 5.74) is 2.93. The minimum atomic E-state index is -0.0635. The van der Waals surface area contributed by atoms with Crippen LogP contribution in [0.3, 0.4) is 0 Å². The van der Waals surface area contributed by atoms with Gasteiger partial charge in [-0.05, 0) is 67.1 Å². The summed E-state index contributed by atoms with van der Waals surface area (Å²) in [5, 5.41) is 1.46. The van der Waals surface area contributed by atoms with E-state index in [9.17, 15) is 4.79 Å². The number of hydrogen-bond donors (Lipinski definition) is 1. The van der Waals surface area contributed by atoms with Crippen LogP contribution >= 0.6 is 22.9 Å². The maximum atomic E-state index is 13.0. The van der Waals surface area contributed by atoms with Crippen molar-refractivity contribution < 1.29 is 9.47 Å². The molecule has 0 aliphatic heterocycles. The Labute approximate surface area is 195 Å². The average molecular weight is 467 g/mol. The highest BCUT2D eigenvalue weighted by molar-refractivity contribution is 7.18. The lowest BCUT2D eigenvalue weighted by molar-refractivity contribution is 0.284. The normalized spacial score (nSPS) is 13.6. The van der Waals surface area contributed by atoms with E-state index < -0.39 is 0 Å². The minimum absolute atomic E-state index is 0.0635. The molecule has 0 unspecified atom stereocenters. The van der Waals surface area contributed by atoms with E-state index in [4.69, 9.17) is 26.1 Å². The summed E-state index contributed by atoms with van der Waals surface area (Å²) in [6.07, 6.45) is 5.54. The standard InChI is InChI=1S/C25H23ClN2O3S/c1-30-20-13-16(9-12-19(20)31-14-15-7-10-17(26)11-8-15)23-27-24(29)22-18-5-3-2-4-6-21(18)32-25(22)28-23/h7-13H,2-6,14H2,1H3,(H,27,28,29). The first-order valence-corrected chi connectivity index (χ1v) is 11.9. The van der Waals surface area contributed by atoms with Gasteiger partial charge in [-0.2, -0.15) is 0 Å². The van der Waals surface area contributed by atoms with Crippen molar-refractivity contribution in [3.05, 3.63) is 73.8 Å². The summed E-state index contributed by atoms with van der Waals surface area (Å²) in [6.45, 7) is 0.397. The zero-order chi connectivity index (χ0) is 22.1. The van der Waals surface area contributed by atoms with Crippen molar-refractivity contribution in [1.29, 1.82) is 0 Å². The Balaban J connectivity index is 1.45.